The van der Waals surface area contributed by atoms with Crippen LogP contribution in [-0.4, -0.2) is 38.0 Å². The number of rotatable bonds is 8. The summed E-state index contributed by atoms with van der Waals surface area (Å²) in [5.41, 5.74) is 0.884. The largest absolute Gasteiger partial charge is 0.497 e. The second kappa shape index (κ2) is 9.27. The lowest BCUT2D eigenvalue weighted by Crippen LogP contribution is -2.22. The molecule has 154 valence electrons. The Hall–Kier alpha value is -2.59. The Morgan fingerprint density at radius 1 is 1.21 bits per heavy atom. The number of anilines is 1. The summed E-state index contributed by atoms with van der Waals surface area (Å²) in [4.78, 5) is 16.7. The number of carbonyl (C=O) groups excluding carboxylic acids is 1. The molecule has 1 N–H and O–H groups in total. The molecule has 0 spiro atoms. The zero-order chi connectivity index (χ0) is 21.0. The summed E-state index contributed by atoms with van der Waals surface area (Å²) in [5.74, 6) is 2.02. The van der Waals surface area contributed by atoms with Crippen LogP contribution in [0.3, 0.4) is 0 Å². The van der Waals surface area contributed by atoms with E-state index >= 15 is 0 Å². The maximum absolute atomic E-state index is 12.4. The van der Waals surface area contributed by atoms with E-state index in [1.165, 1.54) is 23.1 Å². The molecule has 0 saturated heterocycles. The minimum Gasteiger partial charge on any atom is -0.497 e. The fraction of sp³-hybridized carbons (Fsp3) is 0.368. The van der Waals surface area contributed by atoms with Crippen LogP contribution in [0.2, 0.25) is 0 Å². The van der Waals surface area contributed by atoms with Crippen molar-refractivity contribution in [2.45, 2.75) is 37.3 Å². The summed E-state index contributed by atoms with van der Waals surface area (Å²) in [7, 11) is 3.48. The van der Waals surface area contributed by atoms with Gasteiger partial charge < -0.3 is 19.4 Å². The van der Waals surface area contributed by atoms with E-state index in [2.05, 4.69) is 20.5 Å². The molecule has 0 saturated carbocycles. The summed E-state index contributed by atoms with van der Waals surface area (Å²) in [6.45, 7) is 5.62. The first-order valence-electron chi connectivity index (χ1n) is 8.97. The van der Waals surface area contributed by atoms with Crippen LogP contribution in [0.1, 0.15) is 31.5 Å². The lowest BCUT2D eigenvalue weighted by atomic mass is 10.3. The molecule has 29 heavy (non-hydrogen) atoms. The molecule has 0 aliphatic rings. The Morgan fingerprint density at radius 2 is 1.90 bits per heavy atom. The van der Waals surface area contributed by atoms with Gasteiger partial charge in [0.25, 0.3) is 0 Å². The zero-order valence-electron chi connectivity index (χ0n) is 16.9. The number of aromatic nitrogens is 4. The molecule has 1 amide bonds. The SMILES string of the molecule is COc1ccc(OC(C)c2nnc(SC(C)C(=O)Nc3nc(C)cs3)n2C)cc1. The molecule has 8 nitrogen and oxygen atoms in total. The number of methoxy groups -OCH3 is 1. The highest BCUT2D eigenvalue weighted by Gasteiger charge is 2.22. The van der Waals surface area contributed by atoms with Crippen LogP contribution in [0.5, 0.6) is 11.5 Å². The number of thiazole rings is 1. The monoisotopic (exact) mass is 433 g/mol. The summed E-state index contributed by atoms with van der Waals surface area (Å²) in [6.07, 6.45) is -0.308. The quantitative estimate of drug-likeness (QED) is 0.540. The molecule has 2 heterocycles. The van der Waals surface area contributed by atoms with E-state index in [4.69, 9.17) is 9.47 Å². The van der Waals surface area contributed by atoms with Crippen LogP contribution in [0.25, 0.3) is 0 Å². The van der Waals surface area contributed by atoms with E-state index in [1.54, 1.807) is 7.11 Å². The van der Waals surface area contributed by atoms with Gasteiger partial charge in [0.2, 0.25) is 5.91 Å². The predicted molar refractivity (Wildman–Crippen MR) is 114 cm³/mol. The Morgan fingerprint density at radius 3 is 2.52 bits per heavy atom. The van der Waals surface area contributed by atoms with Crippen molar-refractivity contribution in [2.75, 3.05) is 12.4 Å². The molecule has 0 radical (unpaired) electrons. The minimum absolute atomic E-state index is 0.128. The van der Waals surface area contributed by atoms with Crippen molar-refractivity contribution >= 4 is 34.1 Å². The Kier molecular flexibility index (Phi) is 6.75. The zero-order valence-corrected chi connectivity index (χ0v) is 18.5. The number of ether oxygens (including phenoxy) is 2. The van der Waals surface area contributed by atoms with Crippen LogP contribution in [-0.2, 0) is 11.8 Å². The number of hydrogen-bond donors (Lipinski definition) is 1. The summed E-state index contributed by atoms with van der Waals surface area (Å²) in [5, 5.41) is 14.1. The molecule has 10 heteroatoms. The average molecular weight is 434 g/mol. The number of thioether (sulfide) groups is 1. The fourth-order valence-corrected chi connectivity index (χ4v) is 4.04. The van der Waals surface area contributed by atoms with Crippen LogP contribution in [0.15, 0.2) is 34.8 Å². The third kappa shape index (κ3) is 5.27. The highest BCUT2D eigenvalue weighted by Crippen LogP contribution is 2.27. The topological polar surface area (TPSA) is 91.2 Å². The van der Waals surface area contributed by atoms with Gasteiger partial charge in [-0.05, 0) is 45.0 Å². The standard InChI is InChI=1S/C19H23N5O3S2/c1-11-10-28-18(20-11)21-17(25)13(3)29-19-23-22-16(24(19)4)12(2)27-15-8-6-14(26-5)7-9-15/h6-10,12-13H,1-5H3,(H,20,21,25). The van der Waals surface area contributed by atoms with Crippen molar-refractivity contribution in [3.63, 3.8) is 0 Å². The van der Waals surface area contributed by atoms with Crippen LogP contribution < -0.4 is 14.8 Å². The molecule has 2 unspecified atom stereocenters. The van der Waals surface area contributed by atoms with Gasteiger partial charge in [0.05, 0.1) is 18.1 Å². The molecule has 0 aliphatic heterocycles. The summed E-state index contributed by atoms with van der Waals surface area (Å²) in [6, 6.07) is 7.36. The van der Waals surface area contributed by atoms with Crippen LogP contribution in [0, 0.1) is 6.92 Å². The maximum Gasteiger partial charge on any atom is 0.239 e. The fourth-order valence-electron chi connectivity index (χ4n) is 2.52. The minimum atomic E-state index is -0.354. The third-order valence-corrected chi connectivity index (χ3v) is 6.11. The first kappa shape index (κ1) is 21.1. The van der Waals surface area contributed by atoms with Crippen LogP contribution >= 0.6 is 23.1 Å². The molecule has 1 aromatic carbocycles. The number of hydrogen-bond acceptors (Lipinski definition) is 8. The van der Waals surface area contributed by atoms with Gasteiger partial charge in [-0.15, -0.1) is 21.5 Å². The second-order valence-corrected chi connectivity index (χ2v) is 8.54. The summed E-state index contributed by atoms with van der Waals surface area (Å²) >= 11 is 2.74. The Bertz CT molecular complexity index is 971. The molecular weight excluding hydrogens is 410 g/mol. The molecule has 3 rings (SSSR count). The van der Waals surface area contributed by atoms with E-state index in [9.17, 15) is 4.79 Å². The van der Waals surface area contributed by atoms with Crippen LogP contribution in [0.4, 0.5) is 5.13 Å². The van der Waals surface area contributed by atoms with E-state index < -0.39 is 0 Å². The predicted octanol–water partition coefficient (Wildman–Crippen LogP) is 3.85. The highest BCUT2D eigenvalue weighted by atomic mass is 32.2. The highest BCUT2D eigenvalue weighted by molar-refractivity contribution is 8.00. The van der Waals surface area contributed by atoms with Gasteiger partial charge in [-0.3, -0.25) is 4.79 Å². The molecule has 3 aromatic rings. The van der Waals surface area contributed by atoms with Gasteiger partial charge in [0.1, 0.15) is 11.5 Å². The second-order valence-electron chi connectivity index (χ2n) is 6.38. The molecule has 2 aromatic heterocycles. The van der Waals surface area contributed by atoms with Gasteiger partial charge in [0, 0.05) is 12.4 Å². The number of benzene rings is 1. The van der Waals surface area contributed by atoms with Crippen molar-refractivity contribution < 1.29 is 14.3 Å². The van der Waals surface area contributed by atoms with E-state index in [0.717, 1.165) is 11.4 Å². The lowest BCUT2D eigenvalue weighted by molar-refractivity contribution is -0.115. The van der Waals surface area contributed by atoms with Gasteiger partial charge in [0.15, 0.2) is 22.2 Å². The summed E-state index contributed by atoms with van der Waals surface area (Å²) < 4.78 is 13.0. The van der Waals surface area contributed by atoms with Gasteiger partial charge >= 0.3 is 0 Å². The molecule has 0 fully saturated rings. The first-order chi connectivity index (χ1) is 13.9. The van der Waals surface area contributed by atoms with E-state index in [0.29, 0.717) is 21.9 Å². The normalized spacial score (nSPS) is 13.0. The number of carbonyl (C=O) groups is 1. The molecule has 0 bridgehead atoms. The Balaban J connectivity index is 1.62. The van der Waals surface area contributed by atoms with Crippen molar-refractivity contribution in [3.05, 3.63) is 41.2 Å². The molecule has 2 atom stereocenters. The maximum atomic E-state index is 12.4. The molecule has 0 aliphatic carbocycles. The third-order valence-electron chi connectivity index (χ3n) is 4.11. The van der Waals surface area contributed by atoms with Crippen molar-refractivity contribution in [1.29, 1.82) is 0 Å². The van der Waals surface area contributed by atoms with Gasteiger partial charge in [-0.2, -0.15) is 0 Å². The van der Waals surface area contributed by atoms with Crippen molar-refractivity contribution in [2.24, 2.45) is 7.05 Å². The number of aryl methyl sites for hydroxylation is 1. The van der Waals surface area contributed by atoms with E-state index in [1.807, 2.05) is 62.0 Å². The number of nitrogens with one attached hydrogen (secondary N) is 1. The average Bonchev–Trinajstić information content (AvgIpc) is 3.27. The van der Waals surface area contributed by atoms with E-state index in [-0.39, 0.29) is 17.3 Å². The number of nitrogens with zero attached hydrogens (tertiary/aromatic N) is 4. The van der Waals surface area contributed by atoms with Gasteiger partial charge in [-0.25, -0.2) is 4.98 Å². The first-order valence-corrected chi connectivity index (χ1v) is 10.7. The van der Waals surface area contributed by atoms with Crippen molar-refractivity contribution in [3.8, 4) is 11.5 Å². The smallest absolute Gasteiger partial charge is 0.239 e. The molecular formula is C19H23N5O3S2. The van der Waals surface area contributed by atoms with Crippen molar-refractivity contribution in [1.82, 2.24) is 19.7 Å². The number of amides is 1. The van der Waals surface area contributed by atoms with Gasteiger partial charge in [-0.1, -0.05) is 11.8 Å². The Labute approximate surface area is 177 Å². The lowest BCUT2D eigenvalue weighted by Gasteiger charge is -2.15.